The van der Waals surface area contributed by atoms with E-state index in [2.05, 4.69) is 10.0 Å². The van der Waals surface area contributed by atoms with Crippen molar-refractivity contribution in [1.29, 1.82) is 0 Å². The predicted octanol–water partition coefficient (Wildman–Crippen LogP) is 4.31. The standard InChI is InChI=1S/C26H27FN2O5S/c1-18(12-13-20-8-4-3-5-9-20)28-25(30)19(2)34-26(31)21-14-16-22(17-15-21)35(32,33)29-24-11-7-6-10-23(24)27/h3-11,14-19,29H,12-13H2,1-2H3,(H,28,30)/t18-,19+/m1/s1. The molecule has 0 unspecified atom stereocenters. The van der Waals surface area contributed by atoms with Crippen molar-refractivity contribution in [3.8, 4) is 0 Å². The summed E-state index contributed by atoms with van der Waals surface area (Å²) in [4.78, 5) is 24.7. The molecule has 0 aliphatic carbocycles. The fourth-order valence-electron chi connectivity index (χ4n) is 3.26. The molecule has 0 radical (unpaired) electrons. The van der Waals surface area contributed by atoms with Crippen molar-refractivity contribution in [1.82, 2.24) is 5.32 Å². The van der Waals surface area contributed by atoms with Gasteiger partial charge in [0.05, 0.1) is 16.1 Å². The summed E-state index contributed by atoms with van der Waals surface area (Å²) in [6.45, 7) is 3.35. The number of para-hydroxylation sites is 1. The zero-order chi connectivity index (χ0) is 25.4. The topological polar surface area (TPSA) is 102 Å². The second kappa shape index (κ2) is 11.6. The second-order valence-corrected chi connectivity index (χ2v) is 9.77. The van der Waals surface area contributed by atoms with Crippen molar-refractivity contribution in [2.45, 2.75) is 43.7 Å². The van der Waals surface area contributed by atoms with Crippen molar-refractivity contribution < 1.29 is 27.1 Å². The minimum absolute atomic E-state index is 0.0756. The number of hydrogen-bond donors (Lipinski definition) is 2. The van der Waals surface area contributed by atoms with Gasteiger partial charge in [-0.3, -0.25) is 9.52 Å². The quantitative estimate of drug-likeness (QED) is 0.406. The largest absolute Gasteiger partial charge is 0.449 e. The lowest BCUT2D eigenvalue weighted by Crippen LogP contribution is -2.41. The summed E-state index contributed by atoms with van der Waals surface area (Å²) in [5.41, 5.74) is 1.06. The number of aryl methyl sites for hydroxylation is 1. The molecule has 0 saturated carbocycles. The highest BCUT2D eigenvalue weighted by Gasteiger charge is 2.22. The van der Waals surface area contributed by atoms with Gasteiger partial charge in [0.2, 0.25) is 0 Å². The first-order chi connectivity index (χ1) is 16.7. The third kappa shape index (κ3) is 7.38. The SMILES string of the molecule is C[C@H](CCc1ccccc1)NC(=O)[C@H](C)OC(=O)c1ccc(S(=O)(=O)Nc2ccccc2F)cc1. The van der Waals surface area contributed by atoms with E-state index in [0.717, 1.165) is 18.9 Å². The molecule has 3 aromatic carbocycles. The molecule has 2 atom stereocenters. The number of benzene rings is 3. The lowest BCUT2D eigenvalue weighted by atomic mass is 10.1. The van der Waals surface area contributed by atoms with Gasteiger partial charge in [-0.25, -0.2) is 17.6 Å². The molecule has 0 aliphatic heterocycles. The van der Waals surface area contributed by atoms with Crippen LogP contribution in [-0.4, -0.2) is 32.4 Å². The molecule has 35 heavy (non-hydrogen) atoms. The van der Waals surface area contributed by atoms with Gasteiger partial charge in [0.15, 0.2) is 6.10 Å². The lowest BCUT2D eigenvalue weighted by Gasteiger charge is -2.18. The summed E-state index contributed by atoms with van der Waals surface area (Å²) in [5, 5.41) is 2.83. The molecular formula is C26H27FN2O5S. The molecule has 7 nitrogen and oxygen atoms in total. The Labute approximate surface area is 204 Å². The van der Waals surface area contributed by atoms with Gasteiger partial charge < -0.3 is 10.1 Å². The van der Waals surface area contributed by atoms with E-state index >= 15 is 0 Å². The van der Waals surface area contributed by atoms with E-state index < -0.39 is 33.8 Å². The summed E-state index contributed by atoms with van der Waals surface area (Å²) in [6, 6.07) is 20.1. The fourth-order valence-corrected chi connectivity index (χ4v) is 4.33. The average Bonchev–Trinajstić information content (AvgIpc) is 2.84. The number of rotatable bonds is 10. The summed E-state index contributed by atoms with van der Waals surface area (Å²) >= 11 is 0. The van der Waals surface area contributed by atoms with Crippen LogP contribution in [0.5, 0.6) is 0 Å². The van der Waals surface area contributed by atoms with Gasteiger partial charge in [-0.15, -0.1) is 0 Å². The molecule has 2 N–H and O–H groups in total. The molecule has 0 heterocycles. The Hall–Kier alpha value is -3.72. The number of amides is 1. The van der Waals surface area contributed by atoms with Gasteiger partial charge in [0.25, 0.3) is 15.9 Å². The van der Waals surface area contributed by atoms with E-state index in [0.29, 0.717) is 0 Å². The van der Waals surface area contributed by atoms with E-state index in [1.165, 1.54) is 55.0 Å². The van der Waals surface area contributed by atoms with Crippen molar-refractivity contribution in [3.05, 3.63) is 95.8 Å². The molecule has 1 amide bonds. The molecule has 0 saturated heterocycles. The van der Waals surface area contributed by atoms with Crippen LogP contribution in [0.3, 0.4) is 0 Å². The number of ether oxygens (including phenoxy) is 1. The summed E-state index contributed by atoms with van der Waals surface area (Å²) in [6.07, 6.45) is 0.498. The van der Waals surface area contributed by atoms with Crippen LogP contribution in [-0.2, 0) is 26.0 Å². The van der Waals surface area contributed by atoms with Gasteiger partial charge >= 0.3 is 5.97 Å². The number of halogens is 1. The molecule has 0 aromatic heterocycles. The van der Waals surface area contributed by atoms with Crippen LogP contribution < -0.4 is 10.0 Å². The summed E-state index contributed by atoms with van der Waals surface area (Å²) < 4.78 is 46.2. The second-order valence-electron chi connectivity index (χ2n) is 8.09. The van der Waals surface area contributed by atoms with E-state index in [4.69, 9.17) is 4.74 Å². The van der Waals surface area contributed by atoms with Crippen LogP contribution in [0.1, 0.15) is 36.2 Å². The maximum absolute atomic E-state index is 13.8. The normalized spacial score (nSPS) is 12.9. The first kappa shape index (κ1) is 25.9. The van der Waals surface area contributed by atoms with E-state index in [1.54, 1.807) is 0 Å². The Morgan fingerprint density at radius 1 is 0.914 bits per heavy atom. The molecule has 184 valence electrons. The highest BCUT2D eigenvalue weighted by Crippen LogP contribution is 2.19. The molecule has 0 spiro atoms. The molecule has 3 aromatic rings. The zero-order valence-corrected chi connectivity index (χ0v) is 20.2. The van der Waals surface area contributed by atoms with Crippen LogP contribution in [0.2, 0.25) is 0 Å². The first-order valence-corrected chi connectivity index (χ1v) is 12.6. The Morgan fingerprint density at radius 3 is 2.20 bits per heavy atom. The molecular weight excluding hydrogens is 471 g/mol. The van der Waals surface area contributed by atoms with E-state index in [9.17, 15) is 22.4 Å². The summed E-state index contributed by atoms with van der Waals surface area (Å²) in [5.74, 6) is -1.90. The molecule has 3 rings (SSSR count). The third-order valence-corrected chi connectivity index (χ3v) is 6.65. The lowest BCUT2D eigenvalue weighted by molar-refractivity contribution is -0.129. The maximum atomic E-state index is 13.8. The number of carbonyl (C=O) groups excluding carboxylic acids is 2. The predicted molar refractivity (Wildman–Crippen MR) is 131 cm³/mol. The number of nitrogens with one attached hydrogen (secondary N) is 2. The molecule has 0 bridgehead atoms. The highest BCUT2D eigenvalue weighted by molar-refractivity contribution is 7.92. The molecule has 0 fully saturated rings. The van der Waals surface area contributed by atoms with E-state index in [-0.39, 0.29) is 22.2 Å². The van der Waals surface area contributed by atoms with Crippen molar-refractivity contribution in [2.24, 2.45) is 0 Å². The summed E-state index contributed by atoms with van der Waals surface area (Å²) in [7, 11) is -4.06. The van der Waals surface area contributed by atoms with Gasteiger partial charge in [-0.05, 0) is 68.7 Å². The van der Waals surface area contributed by atoms with Crippen LogP contribution in [0.4, 0.5) is 10.1 Å². The highest BCUT2D eigenvalue weighted by atomic mass is 32.2. The van der Waals surface area contributed by atoms with Crippen LogP contribution in [0.25, 0.3) is 0 Å². The van der Waals surface area contributed by atoms with Gasteiger partial charge in [-0.2, -0.15) is 0 Å². The zero-order valence-electron chi connectivity index (χ0n) is 19.4. The number of sulfonamides is 1. The number of hydrogen-bond acceptors (Lipinski definition) is 5. The average molecular weight is 499 g/mol. The minimum atomic E-state index is -4.06. The van der Waals surface area contributed by atoms with Crippen LogP contribution in [0, 0.1) is 5.82 Å². The third-order valence-electron chi connectivity index (χ3n) is 5.27. The Morgan fingerprint density at radius 2 is 1.54 bits per heavy atom. The first-order valence-electron chi connectivity index (χ1n) is 11.1. The van der Waals surface area contributed by atoms with Gasteiger partial charge in [-0.1, -0.05) is 42.5 Å². The molecule has 0 aliphatic rings. The Balaban J connectivity index is 1.53. The number of esters is 1. The minimum Gasteiger partial charge on any atom is -0.449 e. The van der Waals surface area contributed by atoms with Crippen molar-refractivity contribution in [3.63, 3.8) is 0 Å². The fraction of sp³-hybridized carbons (Fsp3) is 0.231. The van der Waals surface area contributed by atoms with Gasteiger partial charge in [0, 0.05) is 6.04 Å². The Bertz CT molecular complexity index is 1260. The van der Waals surface area contributed by atoms with Crippen molar-refractivity contribution >= 4 is 27.6 Å². The maximum Gasteiger partial charge on any atom is 0.338 e. The monoisotopic (exact) mass is 498 g/mol. The molecule has 9 heteroatoms. The van der Waals surface area contributed by atoms with Crippen molar-refractivity contribution in [2.75, 3.05) is 4.72 Å². The number of anilines is 1. The van der Waals surface area contributed by atoms with Crippen LogP contribution in [0.15, 0.2) is 83.8 Å². The number of carbonyl (C=O) groups is 2. The van der Waals surface area contributed by atoms with Crippen LogP contribution >= 0.6 is 0 Å². The van der Waals surface area contributed by atoms with E-state index in [1.807, 2.05) is 37.3 Å². The van der Waals surface area contributed by atoms with Gasteiger partial charge in [0.1, 0.15) is 5.82 Å². The Kier molecular flexibility index (Phi) is 8.59. The smallest absolute Gasteiger partial charge is 0.338 e.